The highest BCUT2D eigenvalue weighted by atomic mass is 16.5. The number of ether oxygens (including phenoxy) is 1. The van der Waals surface area contributed by atoms with Crippen LogP contribution in [0.5, 0.6) is 0 Å². The lowest BCUT2D eigenvalue weighted by Crippen LogP contribution is -2.50. The lowest BCUT2D eigenvalue weighted by Gasteiger charge is -2.32. The fourth-order valence-electron chi connectivity index (χ4n) is 2.27. The van der Waals surface area contributed by atoms with Crippen molar-refractivity contribution in [1.82, 2.24) is 15.1 Å². The van der Waals surface area contributed by atoms with Crippen molar-refractivity contribution in [2.45, 2.75) is 26.9 Å². The summed E-state index contributed by atoms with van der Waals surface area (Å²) in [5, 5.41) is 11.7. The summed E-state index contributed by atoms with van der Waals surface area (Å²) in [6.45, 7) is 10.1. The smallest absolute Gasteiger partial charge is 0.317 e. The third-order valence-electron chi connectivity index (χ3n) is 3.74. The van der Waals surface area contributed by atoms with E-state index in [9.17, 15) is 9.59 Å². The molecule has 7 nitrogen and oxygen atoms in total. The molecule has 1 rings (SSSR count). The van der Waals surface area contributed by atoms with Gasteiger partial charge in [0, 0.05) is 32.7 Å². The Morgan fingerprint density at radius 1 is 1.48 bits per heavy atom. The number of carbonyl (C=O) groups excluding carboxylic acids is 1. The topological polar surface area (TPSA) is 82.1 Å². The van der Waals surface area contributed by atoms with E-state index in [0.717, 1.165) is 19.6 Å². The molecule has 0 spiro atoms. The number of amides is 2. The molecule has 21 heavy (non-hydrogen) atoms. The number of morpholine rings is 1. The van der Waals surface area contributed by atoms with E-state index in [4.69, 9.17) is 9.84 Å². The third kappa shape index (κ3) is 5.89. The van der Waals surface area contributed by atoms with Crippen LogP contribution in [0.2, 0.25) is 0 Å². The lowest BCUT2D eigenvalue weighted by atomic mass is 10.2. The number of rotatable bonds is 7. The number of carboxylic acids is 1. The maximum Gasteiger partial charge on any atom is 0.317 e. The van der Waals surface area contributed by atoms with Crippen molar-refractivity contribution < 1.29 is 19.4 Å². The number of hydrogen-bond acceptors (Lipinski definition) is 4. The van der Waals surface area contributed by atoms with Crippen molar-refractivity contribution in [3.8, 4) is 0 Å². The number of nitrogens with one attached hydrogen (secondary N) is 1. The molecule has 2 unspecified atom stereocenters. The molecule has 2 atom stereocenters. The molecule has 0 radical (unpaired) electrons. The summed E-state index contributed by atoms with van der Waals surface area (Å²) in [4.78, 5) is 26.7. The molecule has 0 aromatic rings. The zero-order valence-corrected chi connectivity index (χ0v) is 13.2. The Bertz CT molecular complexity index is 351. The van der Waals surface area contributed by atoms with Crippen molar-refractivity contribution in [2.75, 3.05) is 45.9 Å². The van der Waals surface area contributed by atoms with Crippen LogP contribution in [0.4, 0.5) is 4.79 Å². The largest absolute Gasteiger partial charge is 0.481 e. The van der Waals surface area contributed by atoms with E-state index in [2.05, 4.69) is 17.1 Å². The summed E-state index contributed by atoms with van der Waals surface area (Å²) in [5.41, 5.74) is 0. The van der Waals surface area contributed by atoms with Gasteiger partial charge in [0.25, 0.3) is 0 Å². The predicted octanol–water partition coefficient (Wildman–Crippen LogP) is 0.459. The molecule has 2 amide bonds. The van der Waals surface area contributed by atoms with Crippen LogP contribution in [-0.2, 0) is 9.53 Å². The quantitative estimate of drug-likeness (QED) is 0.714. The molecule has 0 aromatic carbocycles. The minimum atomic E-state index is -0.893. The average molecular weight is 301 g/mol. The highest BCUT2D eigenvalue weighted by Crippen LogP contribution is 2.05. The lowest BCUT2D eigenvalue weighted by molar-refractivity contribution is -0.141. The van der Waals surface area contributed by atoms with Gasteiger partial charge in [0.2, 0.25) is 0 Å². The fourth-order valence-corrected chi connectivity index (χ4v) is 2.27. The summed E-state index contributed by atoms with van der Waals surface area (Å²) >= 11 is 0. The Morgan fingerprint density at radius 2 is 2.19 bits per heavy atom. The molecular weight excluding hydrogens is 274 g/mol. The molecule has 0 aliphatic carbocycles. The summed E-state index contributed by atoms with van der Waals surface area (Å²) in [6, 6.07) is -0.233. The second kappa shape index (κ2) is 8.84. The Balaban J connectivity index is 2.38. The van der Waals surface area contributed by atoms with Gasteiger partial charge < -0.3 is 20.1 Å². The molecular formula is C14H27N3O4. The number of carbonyl (C=O) groups is 2. The van der Waals surface area contributed by atoms with Crippen LogP contribution in [-0.4, -0.2) is 78.9 Å². The number of likely N-dealkylation sites (N-methyl/N-ethyl adjacent to an activating group) is 1. The van der Waals surface area contributed by atoms with Crippen LogP contribution in [0, 0.1) is 5.92 Å². The van der Waals surface area contributed by atoms with Gasteiger partial charge in [0.15, 0.2) is 0 Å². The Hall–Kier alpha value is -1.34. The number of carboxylic acid groups (broad SMARTS) is 1. The zero-order chi connectivity index (χ0) is 15.8. The highest BCUT2D eigenvalue weighted by Gasteiger charge is 2.22. The average Bonchev–Trinajstić information content (AvgIpc) is 2.49. The monoisotopic (exact) mass is 301 g/mol. The molecule has 1 aliphatic rings. The Kier molecular flexibility index (Phi) is 7.45. The summed E-state index contributed by atoms with van der Waals surface area (Å²) in [5.74, 6) is -1.47. The van der Waals surface area contributed by atoms with Gasteiger partial charge in [-0.3, -0.25) is 9.69 Å². The standard InChI is InChI=1S/C14H27N3O4/c1-4-16-6-7-21-12(10-16)8-15-14(20)17(5-2)9-11(3)13(18)19/h11-12H,4-10H2,1-3H3,(H,15,20)(H,18,19). The number of aliphatic carboxylic acids is 1. The molecule has 1 heterocycles. The van der Waals surface area contributed by atoms with Gasteiger partial charge in [-0.1, -0.05) is 13.8 Å². The maximum atomic E-state index is 12.1. The summed E-state index contributed by atoms with van der Waals surface area (Å²) in [7, 11) is 0. The second-order valence-corrected chi connectivity index (χ2v) is 5.35. The fraction of sp³-hybridized carbons (Fsp3) is 0.857. The van der Waals surface area contributed by atoms with Crippen molar-refractivity contribution in [3.63, 3.8) is 0 Å². The molecule has 1 fully saturated rings. The van der Waals surface area contributed by atoms with Crippen molar-refractivity contribution in [3.05, 3.63) is 0 Å². The van der Waals surface area contributed by atoms with Crippen LogP contribution in [0.3, 0.4) is 0 Å². The van der Waals surface area contributed by atoms with Crippen molar-refractivity contribution in [1.29, 1.82) is 0 Å². The van der Waals surface area contributed by atoms with Gasteiger partial charge in [-0.2, -0.15) is 0 Å². The van der Waals surface area contributed by atoms with Crippen LogP contribution in [0.1, 0.15) is 20.8 Å². The van der Waals surface area contributed by atoms with E-state index in [1.807, 2.05) is 6.92 Å². The number of urea groups is 1. The van der Waals surface area contributed by atoms with Crippen LogP contribution >= 0.6 is 0 Å². The van der Waals surface area contributed by atoms with Gasteiger partial charge in [-0.05, 0) is 13.5 Å². The van der Waals surface area contributed by atoms with Crippen LogP contribution < -0.4 is 5.32 Å². The first kappa shape index (κ1) is 17.7. The molecule has 1 aliphatic heterocycles. The number of nitrogens with zero attached hydrogens (tertiary/aromatic N) is 2. The van der Waals surface area contributed by atoms with Gasteiger partial charge in [-0.25, -0.2) is 4.79 Å². The SMILES string of the molecule is CCN1CCOC(CNC(=O)N(CC)CC(C)C(=O)O)C1. The minimum Gasteiger partial charge on any atom is -0.481 e. The van der Waals surface area contributed by atoms with E-state index in [0.29, 0.717) is 19.7 Å². The minimum absolute atomic E-state index is 0.00162. The molecule has 122 valence electrons. The normalized spacial score (nSPS) is 20.8. The maximum absolute atomic E-state index is 12.1. The first-order chi connectivity index (χ1) is 9.97. The predicted molar refractivity (Wildman–Crippen MR) is 79.3 cm³/mol. The molecule has 1 saturated heterocycles. The molecule has 7 heteroatoms. The Morgan fingerprint density at radius 3 is 2.76 bits per heavy atom. The van der Waals surface area contributed by atoms with E-state index >= 15 is 0 Å². The molecule has 0 saturated carbocycles. The van der Waals surface area contributed by atoms with Crippen molar-refractivity contribution >= 4 is 12.0 Å². The third-order valence-corrected chi connectivity index (χ3v) is 3.74. The van der Waals surface area contributed by atoms with E-state index < -0.39 is 11.9 Å². The van der Waals surface area contributed by atoms with E-state index in [-0.39, 0.29) is 18.7 Å². The number of hydrogen-bond donors (Lipinski definition) is 2. The van der Waals surface area contributed by atoms with Gasteiger partial charge in [-0.15, -0.1) is 0 Å². The van der Waals surface area contributed by atoms with Gasteiger partial charge in [0.1, 0.15) is 0 Å². The second-order valence-electron chi connectivity index (χ2n) is 5.35. The van der Waals surface area contributed by atoms with Gasteiger partial charge in [0.05, 0.1) is 18.6 Å². The van der Waals surface area contributed by atoms with Crippen LogP contribution in [0.15, 0.2) is 0 Å². The summed E-state index contributed by atoms with van der Waals surface area (Å²) < 4.78 is 5.62. The molecule has 0 aromatic heterocycles. The van der Waals surface area contributed by atoms with E-state index in [1.165, 1.54) is 4.90 Å². The summed E-state index contributed by atoms with van der Waals surface area (Å²) in [6.07, 6.45) is -0.00162. The first-order valence-electron chi connectivity index (χ1n) is 7.57. The highest BCUT2D eigenvalue weighted by molar-refractivity contribution is 5.75. The van der Waals surface area contributed by atoms with Crippen LogP contribution in [0.25, 0.3) is 0 Å². The zero-order valence-electron chi connectivity index (χ0n) is 13.2. The molecule has 0 bridgehead atoms. The van der Waals surface area contributed by atoms with E-state index in [1.54, 1.807) is 6.92 Å². The van der Waals surface area contributed by atoms with Crippen molar-refractivity contribution in [2.24, 2.45) is 5.92 Å². The first-order valence-corrected chi connectivity index (χ1v) is 7.57. The van der Waals surface area contributed by atoms with Gasteiger partial charge >= 0.3 is 12.0 Å². The Labute approximate surface area is 126 Å². The molecule has 2 N–H and O–H groups in total.